The summed E-state index contributed by atoms with van der Waals surface area (Å²) in [6.07, 6.45) is 4.83. The molecule has 96 valence electrons. The first-order valence-corrected chi connectivity index (χ1v) is 6.43. The van der Waals surface area contributed by atoms with Gasteiger partial charge in [0, 0.05) is 13.2 Å². The van der Waals surface area contributed by atoms with Crippen molar-refractivity contribution in [3.05, 3.63) is 0 Å². The Labute approximate surface area is 98.0 Å². The van der Waals surface area contributed by atoms with Crippen molar-refractivity contribution >= 4 is 0 Å². The second kappa shape index (κ2) is 8.01. The summed E-state index contributed by atoms with van der Waals surface area (Å²) in [5.74, 6) is 0. The second-order valence-electron chi connectivity index (χ2n) is 4.56. The molecule has 1 saturated heterocycles. The Morgan fingerprint density at radius 2 is 1.94 bits per heavy atom. The molecule has 0 radical (unpaired) electrons. The fourth-order valence-corrected chi connectivity index (χ4v) is 1.96. The number of ether oxygens (including phenoxy) is 1. The standard InChI is InChI=1S/C12H25NO3/c1-2-3-4-5-6-7-16-9-10-12(15)11(14)8-13-10/h10-15H,2-9H2,1H3/t10-,11+,12-/m1/s1. The van der Waals surface area contributed by atoms with Crippen LogP contribution >= 0.6 is 0 Å². The maximum absolute atomic E-state index is 9.54. The van der Waals surface area contributed by atoms with Crippen molar-refractivity contribution in [2.45, 2.75) is 57.3 Å². The minimum absolute atomic E-state index is 0.106. The molecule has 4 nitrogen and oxygen atoms in total. The fraction of sp³-hybridized carbons (Fsp3) is 1.00. The smallest absolute Gasteiger partial charge is 0.0986 e. The zero-order valence-electron chi connectivity index (χ0n) is 10.2. The molecule has 0 saturated carbocycles. The lowest BCUT2D eigenvalue weighted by molar-refractivity contribution is 0.0148. The number of nitrogens with one attached hydrogen (secondary N) is 1. The fourth-order valence-electron chi connectivity index (χ4n) is 1.96. The highest BCUT2D eigenvalue weighted by molar-refractivity contribution is 4.90. The highest BCUT2D eigenvalue weighted by Gasteiger charge is 2.32. The van der Waals surface area contributed by atoms with E-state index in [2.05, 4.69) is 12.2 Å². The lowest BCUT2D eigenvalue weighted by Gasteiger charge is -2.15. The Balaban J connectivity index is 1.91. The second-order valence-corrected chi connectivity index (χ2v) is 4.56. The SMILES string of the molecule is CCCCCCCOC[C@H]1NC[C@H](O)[C@@H]1O. The normalized spacial score (nSPS) is 29.8. The maximum atomic E-state index is 9.54. The minimum Gasteiger partial charge on any atom is -0.389 e. The van der Waals surface area contributed by atoms with E-state index in [4.69, 9.17) is 4.74 Å². The number of unbranched alkanes of at least 4 members (excludes halogenated alkanes) is 4. The monoisotopic (exact) mass is 231 g/mol. The van der Waals surface area contributed by atoms with Crippen LogP contribution in [0.1, 0.15) is 39.0 Å². The molecule has 0 aliphatic carbocycles. The molecule has 1 fully saturated rings. The summed E-state index contributed by atoms with van der Waals surface area (Å²) >= 11 is 0. The first-order valence-electron chi connectivity index (χ1n) is 6.43. The first-order chi connectivity index (χ1) is 7.75. The zero-order valence-corrected chi connectivity index (χ0v) is 10.2. The van der Waals surface area contributed by atoms with Gasteiger partial charge in [-0.25, -0.2) is 0 Å². The predicted octanol–water partition coefficient (Wildman–Crippen LogP) is 0.667. The van der Waals surface area contributed by atoms with E-state index >= 15 is 0 Å². The van der Waals surface area contributed by atoms with Crippen molar-refractivity contribution in [1.82, 2.24) is 5.32 Å². The molecule has 3 atom stereocenters. The zero-order chi connectivity index (χ0) is 11.8. The van der Waals surface area contributed by atoms with Gasteiger partial charge in [-0.3, -0.25) is 0 Å². The molecule has 16 heavy (non-hydrogen) atoms. The van der Waals surface area contributed by atoms with Crippen LogP contribution in [0.5, 0.6) is 0 Å². The van der Waals surface area contributed by atoms with Crippen LogP contribution in [0.15, 0.2) is 0 Å². The minimum atomic E-state index is -0.680. The largest absolute Gasteiger partial charge is 0.389 e. The molecule has 1 aliphatic rings. The van der Waals surface area contributed by atoms with Gasteiger partial charge < -0.3 is 20.3 Å². The molecular formula is C12H25NO3. The van der Waals surface area contributed by atoms with Crippen molar-refractivity contribution in [3.8, 4) is 0 Å². The maximum Gasteiger partial charge on any atom is 0.0986 e. The van der Waals surface area contributed by atoms with Gasteiger partial charge in [0.15, 0.2) is 0 Å². The number of β-amino-alcohol motifs (C(OH)–C–C–N with tert-alkyl or cyclic N) is 1. The Bertz CT molecular complexity index is 178. The quantitative estimate of drug-likeness (QED) is 0.537. The Morgan fingerprint density at radius 1 is 1.19 bits per heavy atom. The Morgan fingerprint density at radius 3 is 2.56 bits per heavy atom. The molecule has 0 spiro atoms. The molecular weight excluding hydrogens is 206 g/mol. The van der Waals surface area contributed by atoms with Crippen LogP contribution in [0.25, 0.3) is 0 Å². The predicted molar refractivity (Wildman–Crippen MR) is 63.4 cm³/mol. The molecule has 4 heteroatoms. The van der Waals surface area contributed by atoms with Crippen molar-refractivity contribution < 1.29 is 14.9 Å². The molecule has 0 unspecified atom stereocenters. The van der Waals surface area contributed by atoms with Gasteiger partial charge >= 0.3 is 0 Å². The summed E-state index contributed by atoms with van der Waals surface area (Å²) in [6.45, 7) is 3.91. The lowest BCUT2D eigenvalue weighted by Crippen LogP contribution is -2.37. The highest BCUT2D eigenvalue weighted by atomic mass is 16.5. The number of rotatable bonds is 8. The van der Waals surface area contributed by atoms with Crippen LogP contribution in [0.4, 0.5) is 0 Å². The van der Waals surface area contributed by atoms with Crippen LogP contribution in [0, 0.1) is 0 Å². The van der Waals surface area contributed by atoms with E-state index in [1.165, 1.54) is 25.7 Å². The molecule has 0 bridgehead atoms. The summed E-state index contributed by atoms with van der Waals surface area (Å²) in [5.41, 5.74) is 0. The van der Waals surface area contributed by atoms with E-state index in [1.807, 2.05) is 0 Å². The van der Waals surface area contributed by atoms with Gasteiger partial charge in [0.05, 0.1) is 24.9 Å². The molecule has 0 aromatic heterocycles. The van der Waals surface area contributed by atoms with Gasteiger partial charge in [-0.2, -0.15) is 0 Å². The van der Waals surface area contributed by atoms with Gasteiger partial charge in [-0.05, 0) is 6.42 Å². The third-order valence-electron chi connectivity index (χ3n) is 3.09. The van der Waals surface area contributed by atoms with Crippen LogP contribution in [-0.2, 0) is 4.74 Å². The van der Waals surface area contributed by atoms with Crippen molar-refractivity contribution in [2.75, 3.05) is 19.8 Å². The van der Waals surface area contributed by atoms with Gasteiger partial charge in [0.1, 0.15) is 0 Å². The third kappa shape index (κ3) is 4.78. The Hall–Kier alpha value is -0.160. The summed E-state index contributed by atoms with van der Waals surface area (Å²) in [4.78, 5) is 0. The summed E-state index contributed by atoms with van der Waals surface area (Å²) < 4.78 is 5.48. The van der Waals surface area contributed by atoms with E-state index < -0.39 is 12.2 Å². The van der Waals surface area contributed by atoms with Crippen molar-refractivity contribution in [2.24, 2.45) is 0 Å². The van der Waals surface area contributed by atoms with E-state index in [1.54, 1.807) is 0 Å². The molecule has 0 aromatic rings. The lowest BCUT2D eigenvalue weighted by atomic mass is 10.1. The van der Waals surface area contributed by atoms with E-state index in [9.17, 15) is 10.2 Å². The van der Waals surface area contributed by atoms with Crippen LogP contribution in [0.2, 0.25) is 0 Å². The number of hydrogen-bond donors (Lipinski definition) is 3. The topological polar surface area (TPSA) is 61.7 Å². The summed E-state index contributed by atoms with van der Waals surface area (Å²) in [6, 6.07) is -0.106. The van der Waals surface area contributed by atoms with Crippen LogP contribution in [-0.4, -0.2) is 48.2 Å². The van der Waals surface area contributed by atoms with E-state index in [0.717, 1.165) is 13.0 Å². The number of aliphatic hydroxyl groups is 2. The third-order valence-corrected chi connectivity index (χ3v) is 3.09. The molecule has 0 amide bonds. The molecule has 0 aromatic carbocycles. The average molecular weight is 231 g/mol. The van der Waals surface area contributed by atoms with Gasteiger partial charge in [0.2, 0.25) is 0 Å². The van der Waals surface area contributed by atoms with Gasteiger partial charge in [-0.15, -0.1) is 0 Å². The van der Waals surface area contributed by atoms with Crippen LogP contribution < -0.4 is 5.32 Å². The van der Waals surface area contributed by atoms with Gasteiger partial charge in [-0.1, -0.05) is 32.6 Å². The van der Waals surface area contributed by atoms with Gasteiger partial charge in [0.25, 0.3) is 0 Å². The van der Waals surface area contributed by atoms with Crippen LogP contribution in [0.3, 0.4) is 0 Å². The van der Waals surface area contributed by atoms with E-state index in [0.29, 0.717) is 13.2 Å². The summed E-state index contributed by atoms with van der Waals surface area (Å²) in [7, 11) is 0. The first kappa shape index (κ1) is 13.9. The van der Waals surface area contributed by atoms with Crippen molar-refractivity contribution in [3.63, 3.8) is 0 Å². The van der Waals surface area contributed by atoms with Crippen molar-refractivity contribution in [1.29, 1.82) is 0 Å². The van der Waals surface area contributed by atoms with E-state index in [-0.39, 0.29) is 6.04 Å². The molecule has 1 rings (SSSR count). The highest BCUT2D eigenvalue weighted by Crippen LogP contribution is 2.08. The summed E-state index contributed by atoms with van der Waals surface area (Å²) in [5, 5.41) is 21.9. The molecule has 1 aliphatic heterocycles. The number of hydrogen-bond acceptors (Lipinski definition) is 4. The average Bonchev–Trinajstić information content (AvgIpc) is 2.59. The molecule has 1 heterocycles. The number of aliphatic hydroxyl groups excluding tert-OH is 2. The molecule has 3 N–H and O–H groups in total. The Kier molecular flexibility index (Phi) is 6.96.